The van der Waals surface area contributed by atoms with Gasteiger partial charge in [0.05, 0.1) is 5.66 Å². The molecule has 0 saturated heterocycles. The summed E-state index contributed by atoms with van der Waals surface area (Å²) >= 11 is 0. The van der Waals surface area contributed by atoms with Crippen molar-refractivity contribution in [1.29, 1.82) is 0 Å². The molecule has 0 spiro atoms. The van der Waals surface area contributed by atoms with Crippen molar-refractivity contribution in [3.63, 3.8) is 0 Å². The molecule has 0 aromatic rings. The Morgan fingerprint density at radius 3 is 2.41 bits per heavy atom. The maximum atomic E-state index is 12.4. The summed E-state index contributed by atoms with van der Waals surface area (Å²) in [7, 11) is -0.432. The molecule has 0 amide bonds. The minimum Gasteiger partial charge on any atom is -0.312 e. The summed E-state index contributed by atoms with van der Waals surface area (Å²) in [6.07, 6.45) is 1.09. The van der Waals surface area contributed by atoms with E-state index < -0.39 is 7.60 Å². The minimum absolute atomic E-state index is 0.0410. The predicted molar refractivity (Wildman–Crippen MR) is 67.1 cm³/mol. The number of allylic oxidation sites excluding steroid dienone is 1. The van der Waals surface area contributed by atoms with Crippen molar-refractivity contribution in [3.8, 4) is 0 Å². The molecule has 17 heavy (non-hydrogen) atoms. The van der Waals surface area contributed by atoms with Crippen molar-refractivity contribution in [1.82, 2.24) is 0 Å². The first kappa shape index (κ1) is 14.6. The van der Waals surface area contributed by atoms with E-state index in [2.05, 4.69) is 6.58 Å². The van der Waals surface area contributed by atoms with Crippen LogP contribution in [0.2, 0.25) is 0 Å². The fourth-order valence-electron chi connectivity index (χ4n) is 2.66. The zero-order valence-corrected chi connectivity index (χ0v) is 11.8. The van der Waals surface area contributed by atoms with Crippen LogP contribution in [0.15, 0.2) is 12.2 Å². The molecule has 1 aliphatic carbocycles. The summed E-state index contributed by atoms with van der Waals surface area (Å²) in [5, 5.41) is 0. The van der Waals surface area contributed by atoms with Gasteiger partial charge in [0, 0.05) is 26.6 Å². The van der Waals surface area contributed by atoms with Crippen LogP contribution in [0.25, 0.3) is 0 Å². The maximum Gasteiger partial charge on any atom is 0.337 e. The van der Waals surface area contributed by atoms with E-state index in [-0.39, 0.29) is 23.3 Å². The second-order valence-corrected chi connectivity index (χ2v) is 6.86. The van der Waals surface area contributed by atoms with Crippen molar-refractivity contribution in [2.45, 2.75) is 32.3 Å². The quantitative estimate of drug-likeness (QED) is 0.563. The molecular formula is C12H21O4P. The Hall–Kier alpha value is -0.440. The van der Waals surface area contributed by atoms with Crippen LogP contribution in [0, 0.1) is 11.8 Å². The standard InChI is InChI=1S/C12H21O4P/c1-6-11(13)10-7-8(2)12(9(10)3)17(14,15-4)16-5/h9-10,12H,2,6-7H2,1,3-5H3/t9-,10+,12-/m0/s1. The maximum absolute atomic E-state index is 12.4. The second-order valence-electron chi connectivity index (χ2n) is 4.50. The van der Waals surface area contributed by atoms with Crippen molar-refractivity contribution in [2.75, 3.05) is 14.2 Å². The first-order chi connectivity index (χ1) is 7.91. The summed E-state index contributed by atoms with van der Waals surface area (Å²) in [6.45, 7) is 7.70. The molecule has 0 N–H and O–H groups in total. The van der Waals surface area contributed by atoms with Gasteiger partial charge in [0.2, 0.25) is 0 Å². The number of carbonyl (C=O) groups is 1. The zero-order valence-electron chi connectivity index (χ0n) is 10.9. The lowest BCUT2D eigenvalue weighted by Gasteiger charge is -2.25. The van der Waals surface area contributed by atoms with E-state index in [9.17, 15) is 9.36 Å². The van der Waals surface area contributed by atoms with Crippen LogP contribution >= 0.6 is 7.60 Å². The van der Waals surface area contributed by atoms with Crippen LogP contribution in [0.4, 0.5) is 0 Å². The molecule has 0 aliphatic heterocycles. The molecule has 0 aromatic heterocycles. The SMILES string of the molecule is C=C1C[C@@H](C(=O)CC)[C@H](C)[C@H]1P(=O)(OC)OC. The normalized spacial score (nSPS) is 29.6. The molecule has 1 saturated carbocycles. The first-order valence-corrected chi connectivity index (χ1v) is 7.44. The highest BCUT2D eigenvalue weighted by molar-refractivity contribution is 7.55. The third-order valence-electron chi connectivity index (χ3n) is 3.64. The lowest BCUT2D eigenvalue weighted by atomic mass is 9.92. The number of hydrogen-bond acceptors (Lipinski definition) is 4. The number of rotatable bonds is 5. The van der Waals surface area contributed by atoms with Gasteiger partial charge in [0.15, 0.2) is 0 Å². The molecule has 1 aliphatic rings. The van der Waals surface area contributed by atoms with Gasteiger partial charge in [-0.15, -0.1) is 0 Å². The van der Waals surface area contributed by atoms with Gasteiger partial charge < -0.3 is 9.05 Å². The molecule has 1 fully saturated rings. The third kappa shape index (κ3) is 2.54. The second kappa shape index (κ2) is 5.47. The van der Waals surface area contributed by atoms with Crippen LogP contribution in [0.1, 0.15) is 26.7 Å². The molecule has 1 rings (SSSR count). The third-order valence-corrected chi connectivity index (χ3v) is 6.18. The molecule has 98 valence electrons. The van der Waals surface area contributed by atoms with Gasteiger partial charge in [-0.2, -0.15) is 0 Å². The van der Waals surface area contributed by atoms with Crippen LogP contribution in [-0.2, 0) is 18.4 Å². The van der Waals surface area contributed by atoms with Crippen molar-refractivity contribution in [2.24, 2.45) is 11.8 Å². The van der Waals surface area contributed by atoms with Crippen molar-refractivity contribution in [3.05, 3.63) is 12.2 Å². The lowest BCUT2D eigenvalue weighted by Crippen LogP contribution is -2.23. The van der Waals surface area contributed by atoms with E-state index in [1.54, 1.807) is 0 Å². The highest BCUT2D eigenvalue weighted by atomic mass is 31.2. The lowest BCUT2D eigenvalue weighted by molar-refractivity contribution is -0.123. The molecule has 3 atom stereocenters. The Bertz CT molecular complexity index is 356. The van der Waals surface area contributed by atoms with Gasteiger partial charge in [-0.25, -0.2) is 0 Å². The molecule has 0 heterocycles. The van der Waals surface area contributed by atoms with Gasteiger partial charge in [-0.3, -0.25) is 9.36 Å². The van der Waals surface area contributed by atoms with Crippen LogP contribution in [0.5, 0.6) is 0 Å². The smallest absolute Gasteiger partial charge is 0.312 e. The molecule has 0 aromatic carbocycles. The number of carbonyl (C=O) groups excluding carboxylic acids is 1. The summed E-state index contributed by atoms with van der Waals surface area (Å²) in [5.41, 5.74) is 0.439. The van der Waals surface area contributed by atoms with Crippen molar-refractivity contribution >= 4 is 13.4 Å². The molecule has 0 bridgehead atoms. The Balaban J connectivity index is 3.00. The van der Waals surface area contributed by atoms with E-state index in [1.807, 2.05) is 13.8 Å². The van der Waals surface area contributed by atoms with E-state index >= 15 is 0 Å². The largest absolute Gasteiger partial charge is 0.337 e. The highest BCUT2D eigenvalue weighted by Gasteiger charge is 2.49. The van der Waals surface area contributed by atoms with Gasteiger partial charge in [0.1, 0.15) is 5.78 Å². The van der Waals surface area contributed by atoms with E-state index in [1.165, 1.54) is 14.2 Å². The van der Waals surface area contributed by atoms with Gasteiger partial charge in [-0.05, 0) is 12.3 Å². The zero-order chi connectivity index (χ0) is 13.2. The van der Waals surface area contributed by atoms with E-state index in [4.69, 9.17) is 9.05 Å². The van der Waals surface area contributed by atoms with Crippen LogP contribution in [-0.4, -0.2) is 25.7 Å². The molecular weight excluding hydrogens is 239 g/mol. The topological polar surface area (TPSA) is 52.6 Å². The Labute approximate surface area is 103 Å². The van der Waals surface area contributed by atoms with Crippen LogP contribution in [0.3, 0.4) is 0 Å². The first-order valence-electron chi connectivity index (χ1n) is 5.82. The summed E-state index contributed by atoms with van der Waals surface area (Å²) < 4.78 is 22.5. The monoisotopic (exact) mass is 260 g/mol. The van der Waals surface area contributed by atoms with Crippen molar-refractivity contribution < 1.29 is 18.4 Å². The Morgan fingerprint density at radius 2 is 2.00 bits per heavy atom. The van der Waals surface area contributed by atoms with E-state index in [0.717, 1.165) is 5.57 Å². The average Bonchev–Trinajstić information content (AvgIpc) is 2.63. The number of hydrogen-bond donors (Lipinski definition) is 0. The summed E-state index contributed by atoms with van der Waals surface area (Å²) in [6, 6.07) is 0. The minimum atomic E-state index is -3.18. The number of Topliss-reactive ketones (excluding diaryl/α,β-unsaturated/α-hetero) is 1. The van der Waals surface area contributed by atoms with Gasteiger partial charge in [0.25, 0.3) is 0 Å². The van der Waals surface area contributed by atoms with Gasteiger partial charge >= 0.3 is 7.60 Å². The van der Waals surface area contributed by atoms with E-state index in [0.29, 0.717) is 12.8 Å². The van der Waals surface area contributed by atoms with Crippen LogP contribution < -0.4 is 0 Å². The number of ketones is 1. The summed E-state index contributed by atoms with van der Waals surface area (Å²) in [5.74, 6) is 0.0525. The molecule has 0 radical (unpaired) electrons. The highest BCUT2D eigenvalue weighted by Crippen LogP contribution is 2.61. The Kier molecular flexibility index (Phi) is 4.70. The molecule has 5 heteroatoms. The molecule has 4 nitrogen and oxygen atoms in total. The van der Waals surface area contributed by atoms with Gasteiger partial charge in [-0.1, -0.05) is 26.0 Å². The fraction of sp³-hybridized carbons (Fsp3) is 0.750. The Morgan fingerprint density at radius 1 is 1.47 bits per heavy atom. The average molecular weight is 260 g/mol. The summed E-state index contributed by atoms with van der Waals surface area (Å²) in [4.78, 5) is 11.8. The predicted octanol–water partition coefficient (Wildman–Crippen LogP) is 3.03. The molecule has 0 unspecified atom stereocenters. The fourth-order valence-corrected chi connectivity index (χ4v) is 4.60.